The maximum absolute atomic E-state index is 5.49. The first-order valence-corrected chi connectivity index (χ1v) is 5.92. The molecule has 2 heterocycles. The van der Waals surface area contributed by atoms with Gasteiger partial charge in [0.05, 0.1) is 6.54 Å². The van der Waals surface area contributed by atoms with Crippen LogP contribution in [0.15, 0.2) is 29.3 Å². The molecule has 2 aliphatic rings. The number of benzene rings is 1. The Morgan fingerprint density at radius 2 is 2.38 bits per heavy atom. The van der Waals surface area contributed by atoms with E-state index in [0.717, 1.165) is 37.7 Å². The summed E-state index contributed by atoms with van der Waals surface area (Å²) in [5.41, 5.74) is 2.53. The molecule has 0 amide bonds. The fourth-order valence-corrected chi connectivity index (χ4v) is 2.37. The van der Waals surface area contributed by atoms with Crippen LogP contribution in [-0.2, 0) is 4.74 Å². The summed E-state index contributed by atoms with van der Waals surface area (Å²) < 4.78 is 5.49. The number of hydrogen-bond donors (Lipinski definition) is 1. The predicted molar refractivity (Wildman–Crippen MR) is 64.0 cm³/mol. The number of ether oxygens (including phenoxy) is 1. The molecule has 1 atom stereocenters. The first kappa shape index (κ1) is 9.85. The first-order valence-electron chi connectivity index (χ1n) is 5.92. The predicted octanol–water partition coefficient (Wildman–Crippen LogP) is 1.54. The normalized spacial score (nSPS) is 24.2. The van der Waals surface area contributed by atoms with Crippen LogP contribution in [0.1, 0.15) is 23.5 Å². The second kappa shape index (κ2) is 4.26. The molecule has 84 valence electrons. The highest BCUT2D eigenvalue weighted by Crippen LogP contribution is 2.23. The summed E-state index contributed by atoms with van der Waals surface area (Å²) in [6.07, 6.45) is 1.23. The van der Waals surface area contributed by atoms with E-state index in [0.29, 0.717) is 5.92 Å². The van der Waals surface area contributed by atoms with Gasteiger partial charge in [0, 0.05) is 12.1 Å². The Labute approximate surface area is 95.5 Å². The third-order valence-electron chi connectivity index (χ3n) is 3.25. The molecule has 1 saturated heterocycles. The summed E-state index contributed by atoms with van der Waals surface area (Å²) in [5, 5.41) is 3.40. The van der Waals surface area contributed by atoms with Gasteiger partial charge in [-0.3, -0.25) is 0 Å². The molecular formula is C13H16N2O. The lowest BCUT2D eigenvalue weighted by Gasteiger charge is -2.10. The van der Waals surface area contributed by atoms with E-state index in [2.05, 4.69) is 34.6 Å². The summed E-state index contributed by atoms with van der Waals surface area (Å²) in [4.78, 5) is 4.35. The van der Waals surface area contributed by atoms with Crippen molar-refractivity contribution < 1.29 is 4.74 Å². The van der Waals surface area contributed by atoms with Gasteiger partial charge in [0.1, 0.15) is 6.61 Å². The van der Waals surface area contributed by atoms with Crippen molar-refractivity contribution in [2.24, 2.45) is 4.99 Å². The van der Waals surface area contributed by atoms with Crippen molar-refractivity contribution in [2.45, 2.75) is 12.3 Å². The lowest BCUT2D eigenvalue weighted by atomic mass is 9.97. The minimum Gasteiger partial charge on any atom is -0.476 e. The summed E-state index contributed by atoms with van der Waals surface area (Å²) in [7, 11) is 0. The topological polar surface area (TPSA) is 33.6 Å². The zero-order chi connectivity index (χ0) is 10.8. The molecule has 16 heavy (non-hydrogen) atoms. The third kappa shape index (κ3) is 1.83. The summed E-state index contributed by atoms with van der Waals surface area (Å²) in [6.45, 7) is 3.75. The van der Waals surface area contributed by atoms with Crippen molar-refractivity contribution in [3.63, 3.8) is 0 Å². The summed E-state index contributed by atoms with van der Waals surface area (Å²) in [6, 6.07) is 8.61. The van der Waals surface area contributed by atoms with Gasteiger partial charge < -0.3 is 10.1 Å². The fourth-order valence-electron chi connectivity index (χ4n) is 2.37. The molecule has 0 radical (unpaired) electrons. The van der Waals surface area contributed by atoms with E-state index >= 15 is 0 Å². The lowest BCUT2D eigenvalue weighted by Crippen LogP contribution is -2.08. The molecule has 3 heteroatoms. The monoisotopic (exact) mass is 216 g/mol. The molecule has 1 N–H and O–H groups in total. The number of rotatable bonds is 2. The maximum atomic E-state index is 5.49. The van der Waals surface area contributed by atoms with Gasteiger partial charge in [-0.15, -0.1) is 0 Å². The minimum atomic E-state index is 0.655. The van der Waals surface area contributed by atoms with Crippen molar-refractivity contribution in [3.05, 3.63) is 35.4 Å². The molecule has 1 fully saturated rings. The van der Waals surface area contributed by atoms with Crippen LogP contribution in [0.5, 0.6) is 0 Å². The first-order chi connectivity index (χ1) is 7.93. The molecule has 0 spiro atoms. The number of aliphatic imine (C=N–C) groups is 1. The van der Waals surface area contributed by atoms with Crippen LogP contribution < -0.4 is 5.32 Å². The highest BCUT2D eigenvalue weighted by molar-refractivity contribution is 5.95. The smallest absolute Gasteiger partial charge is 0.216 e. The molecular weight excluding hydrogens is 200 g/mol. The highest BCUT2D eigenvalue weighted by Gasteiger charge is 2.18. The molecule has 0 saturated carbocycles. The Hall–Kier alpha value is -1.35. The Balaban J connectivity index is 1.87. The number of hydrogen-bond acceptors (Lipinski definition) is 3. The van der Waals surface area contributed by atoms with Gasteiger partial charge in [0.15, 0.2) is 0 Å². The number of nitrogens with one attached hydrogen (secondary N) is 1. The average molecular weight is 216 g/mol. The molecule has 3 nitrogen and oxygen atoms in total. The van der Waals surface area contributed by atoms with E-state index in [1.807, 2.05) is 0 Å². The number of nitrogens with zero attached hydrogens (tertiary/aromatic N) is 1. The Kier molecular flexibility index (Phi) is 2.62. The summed E-state index contributed by atoms with van der Waals surface area (Å²) >= 11 is 0. The zero-order valence-corrected chi connectivity index (χ0v) is 9.28. The molecule has 2 aliphatic heterocycles. The van der Waals surface area contributed by atoms with Crippen LogP contribution >= 0.6 is 0 Å². The van der Waals surface area contributed by atoms with Crippen molar-refractivity contribution in [1.29, 1.82) is 0 Å². The van der Waals surface area contributed by atoms with Gasteiger partial charge in [-0.2, -0.15) is 0 Å². The molecule has 0 bridgehead atoms. The van der Waals surface area contributed by atoms with E-state index in [1.54, 1.807) is 0 Å². The molecule has 1 unspecified atom stereocenters. The highest BCUT2D eigenvalue weighted by atomic mass is 16.5. The van der Waals surface area contributed by atoms with Gasteiger partial charge >= 0.3 is 0 Å². The quantitative estimate of drug-likeness (QED) is 0.813. The van der Waals surface area contributed by atoms with Crippen LogP contribution in [0, 0.1) is 0 Å². The van der Waals surface area contributed by atoms with E-state index in [-0.39, 0.29) is 0 Å². The van der Waals surface area contributed by atoms with Crippen molar-refractivity contribution in [3.8, 4) is 0 Å². The van der Waals surface area contributed by atoms with E-state index in [1.165, 1.54) is 12.0 Å². The van der Waals surface area contributed by atoms with Crippen molar-refractivity contribution >= 4 is 5.90 Å². The minimum absolute atomic E-state index is 0.655. The van der Waals surface area contributed by atoms with E-state index in [9.17, 15) is 0 Å². The van der Waals surface area contributed by atoms with E-state index < -0.39 is 0 Å². The van der Waals surface area contributed by atoms with Gasteiger partial charge in [0.25, 0.3) is 0 Å². The fraction of sp³-hybridized carbons (Fsp3) is 0.462. The lowest BCUT2D eigenvalue weighted by molar-refractivity contribution is 0.348. The van der Waals surface area contributed by atoms with E-state index in [4.69, 9.17) is 4.74 Å². The van der Waals surface area contributed by atoms with Crippen LogP contribution in [-0.4, -0.2) is 32.1 Å². The largest absolute Gasteiger partial charge is 0.476 e. The summed E-state index contributed by atoms with van der Waals surface area (Å²) in [5.74, 6) is 1.47. The van der Waals surface area contributed by atoms with Crippen LogP contribution in [0.3, 0.4) is 0 Å². The van der Waals surface area contributed by atoms with Crippen LogP contribution in [0.4, 0.5) is 0 Å². The Morgan fingerprint density at radius 1 is 1.38 bits per heavy atom. The van der Waals surface area contributed by atoms with Crippen molar-refractivity contribution in [2.75, 3.05) is 26.2 Å². The van der Waals surface area contributed by atoms with Crippen LogP contribution in [0.25, 0.3) is 0 Å². The Bertz CT molecular complexity index is 408. The third-order valence-corrected chi connectivity index (χ3v) is 3.25. The van der Waals surface area contributed by atoms with Crippen LogP contribution in [0.2, 0.25) is 0 Å². The van der Waals surface area contributed by atoms with Gasteiger partial charge in [0.2, 0.25) is 5.90 Å². The zero-order valence-electron chi connectivity index (χ0n) is 9.28. The SMILES string of the molecule is c1cc(C2=NCCO2)cc(C2CCNC2)c1. The molecule has 1 aromatic rings. The molecule has 1 aromatic carbocycles. The second-order valence-electron chi connectivity index (χ2n) is 4.35. The van der Waals surface area contributed by atoms with Gasteiger partial charge in [-0.05, 0) is 36.6 Å². The van der Waals surface area contributed by atoms with Gasteiger partial charge in [-0.1, -0.05) is 12.1 Å². The Morgan fingerprint density at radius 3 is 3.12 bits per heavy atom. The van der Waals surface area contributed by atoms with Crippen molar-refractivity contribution in [1.82, 2.24) is 5.32 Å². The molecule has 0 aromatic heterocycles. The standard InChI is InChI=1S/C13H16N2O/c1-2-10(12-4-5-14-9-12)8-11(3-1)13-15-6-7-16-13/h1-3,8,12,14H,4-7,9H2. The second-order valence-corrected chi connectivity index (χ2v) is 4.35. The van der Waals surface area contributed by atoms with Gasteiger partial charge in [-0.25, -0.2) is 4.99 Å². The molecule has 0 aliphatic carbocycles. The average Bonchev–Trinajstić information content (AvgIpc) is 3.03. The molecule has 3 rings (SSSR count). The maximum Gasteiger partial charge on any atom is 0.216 e.